The average molecular weight is 342 g/mol. The molecule has 4 aromatic rings. The van der Waals surface area contributed by atoms with E-state index in [0.717, 1.165) is 16.5 Å². The number of pyridine rings is 1. The molecule has 4 rings (SSSR count). The van der Waals surface area contributed by atoms with E-state index in [0.29, 0.717) is 5.69 Å². The standard InChI is InChI=1S/C22H18N2O2/c25-21(16-24-15-13-17-8-4-5-12-20(17)24)26-22(18-9-2-1-3-10-18)19-11-6-7-14-23-19/h1-15,22H,16H2. The van der Waals surface area contributed by atoms with E-state index in [1.54, 1.807) is 6.20 Å². The van der Waals surface area contributed by atoms with Crippen molar-refractivity contribution in [3.8, 4) is 0 Å². The summed E-state index contributed by atoms with van der Waals surface area (Å²) in [6.07, 6.45) is 3.09. The van der Waals surface area contributed by atoms with E-state index in [1.807, 2.05) is 89.6 Å². The fourth-order valence-corrected chi connectivity index (χ4v) is 3.04. The molecule has 2 aromatic carbocycles. The largest absolute Gasteiger partial charge is 0.450 e. The molecular formula is C22H18N2O2. The number of benzene rings is 2. The molecule has 0 aliphatic rings. The highest BCUT2D eigenvalue weighted by Gasteiger charge is 2.20. The first-order valence-electron chi connectivity index (χ1n) is 8.50. The quantitative estimate of drug-likeness (QED) is 0.506. The second kappa shape index (κ2) is 7.23. The summed E-state index contributed by atoms with van der Waals surface area (Å²) in [5.74, 6) is -0.300. The van der Waals surface area contributed by atoms with Gasteiger partial charge in [-0.1, -0.05) is 54.6 Å². The third kappa shape index (κ3) is 3.35. The van der Waals surface area contributed by atoms with Crippen LogP contribution in [0.25, 0.3) is 10.9 Å². The molecule has 0 bridgehead atoms. The van der Waals surface area contributed by atoms with Crippen LogP contribution in [0.5, 0.6) is 0 Å². The predicted molar refractivity (Wildman–Crippen MR) is 101 cm³/mol. The summed E-state index contributed by atoms with van der Waals surface area (Å²) in [5, 5.41) is 1.10. The molecule has 0 radical (unpaired) electrons. The van der Waals surface area contributed by atoms with Crippen molar-refractivity contribution < 1.29 is 9.53 Å². The van der Waals surface area contributed by atoms with E-state index in [4.69, 9.17) is 4.74 Å². The Balaban J connectivity index is 1.58. The van der Waals surface area contributed by atoms with Crippen molar-refractivity contribution in [2.45, 2.75) is 12.6 Å². The number of para-hydroxylation sites is 1. The number of hydrogen-bond donors (Lipinski definition) is 0. The zero-order valence-corrected chi connectivity index (χ0v) is 14.2. The molecule has 0 N–H and O–H groups in total. The minimum atomic E-state index is -0.522. The van der Waals surface area contributed by atoms with Crippen molar-refractivity contribution in [3.05, 3.63) is 103 Å². The fraction of sp³-hybridized carbons (Fsp3) is 0.0909. The summed E-state index contributed by atoms with van der Waals surface area (Å²) < 4.78 is 7.72. The van der Waals surface area contributed by atoms with E-state index in [-0.39, 0.29) is 12.5 Å². The smallest absolute Gasteiger partial charge is 0.326 e. The molecule has 0 aliphatic heterocycles. The SMILES string of the molecule is O=C(Cn1ccc2ccccc21)OC(c1ccccc1)c1ccccn1. The molecule has 1 unspecified atom stereocenters. The van der Waals surface area contributed by atoms with Crippen LogP contribution in [0.4, 0.5) is 0 Å². The summed E-state index contributed by atoms with van der Waals surface area (Å²) in [4.78, 5) is 17.0. The summed E-state index contributed by atoms with van der Waals surface area (Å²) in [6.45, 7) is 0.156. The lowest BCUT2D eigenvalue weighted by Crippen LogP contribution is -2.18. The van der Waals surface area contributed by atoms with Gasteiger partial charge < -0.3 is 9.30 Å². The minimum absolute atomic E-state index is 0.156. The number of esters is 1. The molecule has 0 saturated carbocycles. The number of carbonyl (C=O) groups excluding carboxylic acids is 1. The van der Waals surface area contributed by atoms with E-state index in [9.17, 15) is 4.79 Å². The highest BCUT2D eigenvalue weighted by Crippen LogP contribution is 2.25. The van der Waals surface area contributed by atoms with E-state index < -0.39 is 6.10 Å². The number of hydrogen-bond acceptors (Lipinski definition) is 3. The second-order valence-corrected chi connectivity index (χ2v) is 6.04. The van der Waals surface area contributed by atoms with E-state index in [1.165, 1.54) is 0 Å². The Bertz CT molecular complexity index is 970. The van der Waals surface area contributed by atoms with Gasteiger partial charge in [-0.05, 0) is 35.2 Å². The number of aromatic nitrogens is 2. The maximum atomic E-state index is 12.6. The van der Waals surface area contributed by atoms with Gasteiger partial charge in [0, 0.05) is 17.9 Å². The Morgan fingerprint density at radius 3 is 2.50 bits per heavy atom. The Kier molecular flexibility index (Phi) is 4.48. The first-order valence-corrected chi connectivity index (χ1v) is 8.50. The summed E-state index contributed by atoms with van der Waals surface area (Å²) in [7, 11) is 0. The van der Waals surface area contributed by atoms with E-state index >= 15 is 0 Å². The molecule has 4 heteroatoms. The molecule has 4 nitrogen and oxygen atoms in total. The average Bonchev–Trinajstić information content (AvgIpc) is 3.10. The lowest BCUT2D eigenvalue weighted by molar-refractivity contribution is -0.148. The van der Waals surface area contributed by atoms with Gasteiger partial charge in [-0.15, -0.1) is 0 Å². The molecule has 2 aromatic heterocycles. The molecular weight excluding hydrogens is 324 g/mol. The van der Waals surface area contributed by atoms with Crippen LogP contribution < -0.4 is 0 Å². The lowest BCUT2D eigenvalue weighted by Gasteiger charge is -2.18. The molecule has 0 amide bonds. The molecule has 0 saturated heterocycles. The predicted octanol–water partition coefficient (Wildman–Crippen LogP) is 4.37. The van der Waals surface area contributed by atoms with Crippen LogP contribution in [0.3, 0.4) is 0 Å². The highest BCUT2D eigenvalue weighted by molar-refractivity contribution is 5.82. The van der Waals surface area contributed by atoms with Gasteiger partial charge in [-0.25, -0.2) is 0 Å². The zero-order valence-electron chi connectivity index (χ0n) is 14.2. The van der Waals surface area contributed by atoms with Crippen LogP contribution in [0.1, 0.15) is 17.4 Å². The summed E-state index contributed by atoms with van der Waals surface area (Å²) >= 11 is 0. The normalized spacial score (nSPS) is 12.0. The number of fused-ring (bicyclic) bond motifs is 1. The first-order chi connectivity index (χ1) is 12.8. The van der Waals surface area contributed by atoms with Crippen LogP contribution >= 0.6 is 0 Å². The van der Waals surface area contributed by atoms with Gasteiger partial charge in [-0.2, -0.15) is 0 Å². The van der Waals surface area contributed by atoms with Crippen molar-refractivity contribution in [2.75, 3.05) is 0 Å². The van der Waals surface area contributed by atoms with Crippen molar-refractivity contribution in [3.63, 3.8) is 0 Å². The monoisotopic (exact) mass is 342 g/mol. The van der Waals surface area contributed by atoms with Crippen LogP contribution in [0, 0.1) is 0 Å². The molecule has 26 heavy (non-hydrogen) atoms. The number of ether oxygens (including phenoxy) is 1. The van der Waals surface area contributed by atoms with Gasteiger partial charge in [0.2, 0.25) is 0 Å². The summed E-state index contributed by atoms with van der Waals surface area (Å²) in [5.41, 5.74) is 2.62. The van der Waals surface area contributed by atoms with Crippen LogP contribution in [-0.4, -0.2) is 15.5 Å². The van der Waals surface area contributed by atoms with Gasteiger partial charge >= 0.3 is 5.97 Å². The van der Waals surface area contributed by atoms with Gasteiger partial charge in [0.25, 0.3) is 0 Å². The molecule has 128 valence electrons. The maximum absolute atomic E-state index is 12.6. The number of nitrogens with zero attached hydrogens (tertiary/aromatic N) is 2. The molecule has 0 aliphatic carbocycles. The Labute approximate surface area is 151 Å². The van der Waals surface area contributed by atoms with Crippen molar-refractivity contribution in [2.24, 2.45) is 0 Å². The number of rotatable bonds is 5. The lowest BCUT2D eigenvalue weighted by atomic mass is 10.1. The molecule has 1 atom stereocenters. The van der Waals surface area contributed by atoms with Crippen molar-refractivity contribution in [1.82, 2.24) is 9.55 Å². The zero-order chi connectivity index (χ0) is 17.8. The Morgan fingerprint density at radius 1 is 0.923 bits per heavy atom. The van der Waals surface area contributed by atoms with Crippen LogP contribution in [-0.2, 0) is 16.1 Å². The van der Waals surface area contributed by atoms with E-state index in [2.05, 4.69) is 4.98 Å². The number of carbonyl (C=O) groups is 1. The van der Waals surface area contributed by atoms with Gasteiger partial charge in [0.05, 0.1) is 5.69 Å². The van der Waals surface area contributed by atoms with Crippen molar-refractivity contribution in [1.29, 1.82) is 0 Å². The van der Waals surface area contributed by atoms with Crippen LogP contribution in [0.2, 0.25) is 0 Å². The maximum Gasteiger partial charge on any atom is 0.326 e. The molecule has 2 heterocycles. The van der Waals surface area contributed by atoms with Gasteiger partial charge in [0.1, 0.15) is 6.54 Å². The van der Waals surface area contributed by atoms with Crippen LogP contribution in [0.15, 0.2) is 91.3 Å². The third-order valence-corrected chi connectivity index (χ3v) is 4.29. The second-order valence-electron chi connectivity index (χ2n) is 6.04. The Morgan fingerprint density at radius 2 is 1.69 bits per heavy atom. The topological polar surface area (TPSA) is 44.1 Å². The van der Waals surface area contributed by atoms with Gasteiger partial charge in [0.15, 0.2) is 6.10 Å². The highest BCUT2D eigenvalue weighted by atomic mass is 16.5. The third-order valence-electron chi connectivity index (χ3n) is 4.29. The summed E-state index contributed by atoms with van der Waals surface area (Å²) in [6, 6.07) is 25.3. The van der Waals surface area contributed by atoms with Crippen molar-refractivity contribution >= 4 is 16.9 Å². The Hall–Kier alpha value is -3.40. The first kappa shape index (κ1) is 16.1. The fourth-order valence-electron chi connectivity index (χ4n) is 3.04. The van der Waals surface area contributed by atoms with Gasteiger partial charge in [-0.3, -0.25) is 9.78 Å². The minimum Gasteiger partial charge on any atom is -0.450 e. The molecule has 0 fully saturated rings. The molecule has 0 spiro atoms.